The summed E-state index contributed by atoms with van der Waals surface area (Å²) in [6, 6.07) is 8.69. The lowest BCUT2D eigenvalue weighted by Crippen LogP contribution is -2.17. The Morgan fingerprint density at radius 3 is 2.68 bits per heavy atom. The van der Waals surface area contributed by atoms with E-state index in [0.717, 1.165) is 4.74 Å². The number of benzene rings is 1. The lowest BCUT2D eigenvalue weighted by Gasteiger charge is -1.99. The number of hydrogen-bond acceptors (Lipinski definition) is 4. The van der Waals surface area contributed by atoms with Gasteiger partial charge in [-0.05, 0) is 12.5 Å². The van der Waals surface area contributed by atoms with Gasteiger partial charge in [-0.15, -0.1) is 0 Å². The predicted molar refractivity (Wildman–Crippen MR) is 66.5 cm³/mol. The van der Waals surface area contributed by atoms with E-state index < -0.39 is 11.9 Å². The summed E-state index contributed by atoms with van der Waals surface area (Å²) in [4.78, 5) is 16.6. The first-order valence-electron chi connectivity index (χ1n) is 5.67. The molecule has 0 unspecified atom stereocenters. The van der Waals surface area contributed by atoms with Crippen molar-refractivity contribution in [2.45, 2.75) is 6.92 Å². The van der Waals surface area contributed by atoms with E-state index in [-0.39, 0.29) is 5.57 Å². The van der Waals surface area contributed by atoms with Gasteiger partial charge in [-0.2, -0.15) is 4.84 Å². The van der Waals surface area contributed by atoms with Crippen LogP contribution in [0.25, 0.3) is 5.57 Å². The molecule has 0 aromatic heterocycles. The molecule has 0 bridgehead atoms. The van der Waals surface area contributed by atoms with Crippen LogP contribution in [0.4, 0.5) is 0 Å². The molecule has 1 aromatic carbocycles. The van der Waals surface area contributed by atoms with Gasteiger partial charge in [-0.3, -0.25) is 0 Å². The monoisotopic (exact) mass is 259 g/mol. The highest BCUT2D eigenvalue weighted by Gasteiger charge is 2.33. The summed E-state index contributed by atoms with van der Waals surface area (Å²) in [6.07, 6.45) is 2.90. The van der Waals surface area contributed by atoms with Gasteiger partial charge in [-0.25, -0.2) is 4.79 Å². The van der Waals surface area contributed by atoms with E-state index in [9.17, 15) is 9.90 Å². The molecule has 5 heteroatoms. The van der Waals surface area contributed by atoms with Crippen LogP contribution in [0.1, 0.15) is 12.5 Å². The maximum absolute atomic E-state index is 12.1. The van der Waals surface area contributed by atoms with Crippen molar-refractivity contribution >= 4 is 17.8 Å². The lowest BCUT2D eigenvalue weighted by atomic mass is 10.1. The van der Waals surface area contributed by atoms with Crippen LogP contribution in [0.15, 0.2) is 48.1 Å². The van der Waals surface area contributed by atoms with E-state index in [1.54, 1.807) is 37.3 Å². The lowest BCUT2D eigenvalue weighted by molar-refractivity contribution is -0.770. The van der Waals surface area contributed by atoms with Crippen LogP contribution >= 0.6 is 0 Å². The molecular weight excluding hydrogens is 246 g/mol. The second kappa shape index (κ2) is 5.39. The Bertz CT molecular complexity index is 585. The van der Waals surface area contributed by atoms with Crippen LogP contribution in [0.2, 0.25) is 0 Å². The molecule has 0 fully saturated rings. The third-order valence-corrected chi connectivity index (χ3v) is 2.63. The molecule has 0 spiro atoms. The van der Waals surface area contributed by atoms with E-state index in [1.165, 1.54) is 13.3 Å². The first kappa shape index (κ1) is 12.9. The topological polar surface area (TPSA) is 61.6 Å². The van der Waals surface area contributed by atoms with Crippen LogP contribution in [0, 0.1) is 0 Å². The number of allylic oxidation sites excluding steroid dienone is 2. The van der Waals surface area contributed by atoms with Crippen molar-refractivity contribution in [1.82, 2.24) is 0 Å². The third-order valence-electron chi connectivity index (χ3n) is 2.63. The Hall–Kier alpha value is -2.56. The Morgan fingerprint density at radius 2 is 2.05 bits per heavy atom. The highest BCUT2D eigenvalue weighted by Crippen LogP contribution is 2.23. The van der Waals surface area contributed by atoms with Gasteiger partial charge < -0.3 is 9.84 Å². The number of rotatable bonds is 3. The molecule has 1 aliphatic rings. The van der Waals surface area contributed by atoms with E-state index >= 15 is 0 Å². The zero-order valence-corrected chi connectivity index (χ0v) is 10.6. The minimum Gasteiger partial charge on any atom is -0.819 e. The van der Waals surface area contributed by atoms with Gasteiger partial charge in [0.15, 0.2) is 0 Å². The van der Waals surface area contributed by atoms with Gasteiger partial charge in [-0.1, -0.05) is 30.3 Å². The Morgan fingerprint density at radius 1 is 1.37 bits per heavy atom. The SMILES string of the molecule is CO/C(C)=C/C=[N+]1/OC(=O)C(c2ccccc2)=C1[O-]. The standard InChI is InChI=1S/C14H13NO4/c1-10(18-2)8-9-15-13(16)12(14(17)19-15)11-6-4-3-5-7-11/h3-9H,1-2H3/b10-8+,15-9+. The van der Waals surface area contributed by atoms with E-state index in [0.29, 0.717) is 11.3 Å². The molecule has 0 amide bonds. The highest BCUT2D eigenvalue weighted by molar-refractivity contribution is 6.17. The number of hydrogen-bond donors (Lipinski definition) is 0. The molecule has 0 saturated carbocycles. The van der Waals surface area contributed by atoms with Gasteiger partial charge in [0.25, 0.3) is 0 Å². The van der Waals surface area contributed by atoms with Crippen LogP contribution < -0.4 is 5.11 Å². The summed E-state index contributed by atoms with van der Waals surface area (Å²) in [5, 5.41) is 12.1. The van der Waals surface area contributed by atoms with E-state index in [4.69, 9.17) is 9.57 Å². The van der Waals surface area contributed by atoms with Gasteiger partial charge in [0.05, 0.1) is 12.9 Å². The fourth-order valence-corrected chi connectivity index (χ4v) is 1.56. The average molecular weight is 259 g/mol. The highest BCUT2D eigenvalue weighted by atomic mass is 16.7. The van der Waals surface area contributed by atoms with Crippen LogP contribution in [0.5, 0.6) is 0 Å². The van der Waals surface area contributed by atoms with Gasteiger partial charge in [0, 0.05) is 10.8 Å². The fraction of sp³-hybridized carbons (Fsp3) is 0.143. The van der Waals surface area contributed by atoms with Crippen molar-refractivity contribution < 1.29 is 24.2 Å². The van der Waals surface area contributed by atoms with Crippen molar-refractivity contribution in [2.75, 3.05) is 7.11 Å². The molecule has 0 N–H and O–H groups in total. The second-order valence-corrected chi connectivity index (χ2v) is 3.88. The minimum atomic E-state index is -0.657. The number of ether oxygens (including phenoxy) is 1. The average Bonchev–Trinajstić information content (AvgIpc) is 2.71. The Balaban J connectivity index is 2.39. The minimum absolute atomic E-state index is 0.0281. The van der Waals surface area contributed by atoms with Gasteiger partial charge in [0.2, 0.25) is 12.1 Å². The first-order valence-corrected chi connectivity index (χ1v) is 5.67. The fourth-order valence-electron chi connectivity index (χ4n) is 1.56. The summed E-state index contributed by atoms with van der Waals surface area (Å²) in [7, 11) is 1.51. The Labute approximate surface area is 110 Å². The molecule has 0 aliphatic carbocycles. The van der Waals surface area contributed by atoms with Crippen molar-refractivity contribution in [2.24, 2.45) is 0 Å². The largest absolute Gasteiger partial charge is 0.819 e. The molecule has 1 aromatic rings. The molecule has 5 nitrogen and oxygen atoms in total. The molecular formula is C14H13NO4. The van der Waals surface area contributed by atoms with Crippen molar-refractivity contribution in [1.29, 1.82) is 0 Å². The summed E-state index contributed by atoms with van der Waals surface area (Å²) in [6.45, 7) is 1.72. The number of hydroxylamine groups is 1. The molecule has 19 heavy (non-hydrogen) atoms. The quantitative estimate of drug-likeness (QED) is 0.458. The van der Waals surface area contributed by atoms with Crippen molar-refractivity contribution in [3.8, 4) is 0 Å². The number of methoxy groups -OCH3 is 1. The Kier molecular flexibility index (Phi) is 3.66. The van der Waals surface area contributed by atoms with E-state index in [1.807, 2.05) is 6.07 Å². The smallest absolute Gasteiger partial charge is 0.417 e. The zero-order valence-electron chi connectivity index (χ0n) is 10.6. The van der Waals surface area contributed by atoms with Crippen LogP contribution in [0.3, 0.4) is 0 Å². The van der Waals surface area contributed by atoms with Crippen molar-refractivity contribution in [3.05, 3.63) is 53.6 Å². The second-order valence-electron chi connectivity index (χ2n) is 3.88. The molecule has 0 saturated heterocycles. The summed E-state index contributed by atoms with van der Waals surface area (Å²) in [5.74, 6) is -0.552. The molecule has 0 atom stereocenters. The maximum Gasteiger partial charge on any atom is 0.417 e. The number of carbonyl (C=O) groups excluding carboxylic acids is 1. The summed E-state index contributed by atoms with van der Waals surface area (Å²) in [5.41, 5.74) is 0.571. The normalized spacial score (nSPS) is 17.9. The molecule has 2 rings (SSSR count). The zero-order chi connectivity index (χ0) is 13.8. The van der Waals surface area contributed by atoms with E-state index in [2.05, 4.69) is 0 Å². The molecule has 1 heterocycles. The van der Waals surface area contributed by atoms with Crippen LogP contribution in [-0.4, -0.2) is 24.0 Å². The third kappa shape index (κ3) is 2.65. The number of carbonyl (C=O) groups is 1. The molecule has 0 radical (unpaired) electrons. The van der Waals surface area contributed by atoms with Crippen molar-refractivity contribution in [3.63, 3.8) is 0 Å². The summed E-state index contributed by atoms with van der Waals surface area (Å²) < 4.78 is 5.82. The molecule has 1 aliphatic heterocycles. The molecule has 98 valence electrons. The first-order chi connectivity index (χ1) is 9.13. The predicted octanol–water partition coefficient (Wildman–Crippen LogP) is 0.821. The number of nitrogens with zero attached hydrogens (tertiary/aromatic N) is 1. The van der Waals surface area contributed by atoms with Crippen LogP contribution in [-0.2, 0) is 14.4 Å². The maximum atomic E-state index is 12.1. The summed E-state index contributed by atoms with van der Waals surface area (Å²) >= 11 is 0. The van der Waals surface area contributed by atoms with Gasteiger partial charge >= 0.3 is 5.97 Å². The van der Waals surface area contributed by atoms with Gasteiger partial charge in [0.1, 0.15) is 5.57 Å².